The molecule has 0 spiro atoms. The van der Waals surface area contributed by atoms with Gasteiger partial charge in [-0.25, -0.2) is 114 Å². The SMILES string of the molecule is C.Cc1nc2c(ncn2[C@@H]2O[C@@H]3COP(=O)(O)O[C@H]4[C@@H](F)[C@H](n5cnc6c5N=C(N)CC6=O)O[C@@H]4COP(=O)(O)O[C@H]3[C@H]2O)c(=O)[nH]1.Cc1ncnc2c1ncn2[C@@H]1O[C@@H]2COP(=O)(O)O[C@H]3[C@@H](F)[C@H](n4cnc5c(N)ncnc54)O[C@@H]3COP(=O)(O)O[C@H]2[C@H]1F.NC1=Nc2c(ncn2[C@@H]2O[C@@H]3COP(=O)(O)O[C@H]4[C@@H](F)[C@H](n5cnc6c(=O)[nH]c(N)nc65)O[C@@H]4COP(=O)(O)O[C@H]3[C@H]2F)C(=O)C1. The number of aliphatic hydroxyl groups is 1. The third-order valence-electron chi connectivity index (χ3n) is 22.4. The third-order valence-corrected chi connectivity index (χ3v) is 28.3. The zero-order chi connectivity index (χ0) is 96.4. The van der Waals surface area contributed by atoms with E-state index in [0.717, 1.165) is 56.2 Å². The molecule has 0 aliphatic carbocycles. The van der Waals surface area contributed by atoms with E-state index < -0.39 is 257 Å². The van der Waals surface area contributed by atoms with Gasteiger partial charge < -0.3 is 90.8 Å². The smallest absolute Gasteiger partial charge is 0.387 e. The largest absolute Gasteiger partial charge is 0.472 e. The number of ether oxygens (including phenoxy) is 6. The number of nitrogen functional groups attached to an aromatic ring is 2. The number of ketones is 2. The number of Topliss-reactive ketones (excluding diaryl/α,β-unsaturated/α-hetero) is 2. The summed E-state index contributed by atoms with van der Waals surface area (Å²) < 4.78 is 259. The van der Waals surface area contributed by atoms with Gasteiger partial charge in [0.25, 0.3) is 11.1 Å². The second-order valence-corrected chi connectivity index (χ2v) is 39.7. The lowest BCUT2D eigenvalue weighted by atomic mass is 10.1. The fourth-order valence-corrected chi connectivity index (χ4v) is 22.1. The molecule has 21 rings (SSSR count). The van der Waals surface area contributed by atoms with Crippen LogP contribution in [0.15, 0.2) is 70.2 Å². The van der Waals surface area contributed by atoms with Crippen LogP contribution in [0, 0.1) is 13.8 Å². The summed E-state index contributed by atoms with van der Waals surface area (Å²) in [6.07, 6.45) is -34.9. The number of H-pyrrole nitrogens is 2. The monoisotopic (exact) mass is 2060 g/mol. The number of alkyl halides is 5. The van der Waals surface area contributed by atoms with Crippen molar-refractivity contribution in [1.82, 2.24) is 97.2 Å². The first-order valence-corrected chi connectivity index (χ1v) is 48.7. The Morgan fingerprint density at radius 2 is 0.672 bits per heavy atom. The average Bonchev–Trinajstić information content (AvgIpc) is 1.62. The number of imidazole rings is 6. The number of halogens is 5. The van der Waals surface area contributed by atoms with Crippen LogP contribution in [0.2, 0.25) is 0 Å². The van der Waals surface area contributed by atoms with Crippen molar-refractivity contribution in [2.75, 3.05) is 51.1 Å². The van der Waals surface area contributed by atoms with Crippen molar-refractivity contribution in [3.05, 3.63) is 94.2 Å². The van der Waals surface area contributed by atoms with Crippen molar-refractivity contribution < 1.29 is 176 Å². The number of fused-ring (bicyclic) bond motifs is 12. The highest BCUT2D eigenvalue weighted by atomic mass is 31.2. The van der Waals surface area contributed by atoms with Crippen molar-refractivity contribution in [2.45, 2.75) is 182 Å². The van der Waals surface area contributed by atoms with Gasteiger partial charge in [0.1, 0.15) is 121 Å². The van der Waals surface area contributed by atoms with Crippen LogP contribution in [0.1, 0.15) is 90.1 Å². The molecule has 30 atom stereocenters. The van der Waals surface area contributed by atoms with E-state index >= 15 is 22.0 Å². The average molecular weight is 2060 g/mol. The summed E-state index contributed by atoms with van der Waals surface area (Å²) in [4.78, 5) is 173. The van der Waals surface area contributed by atoms with Crippen molar-refractivity contribution in [2.24, 2.45) is 21.5 Å². The van der Waals surface area contributed by atoms with Crippen LogP contribution in [-0.2, 0) is 110 Å². The second-order valence-electron chi connectivity index (χ2n) is 31.3. The number of aromatic amines is 2. The number of nitrogens with two attached hydrogens (primary N) is 4. The Morgan fingerprint density at radius 3 is 1.07 bits per heavy atom. The predicted molar refractivity (Wildman–Crippen MR) is 435 cm³/mol. The molecule has 0 radical (unpaired) electrons. The summed E-state index contributed by atoms with van der Waals surface area (Å²) in [7, 11) is -30.9. The number of carbonyl (C=O) groups is 2. The maximum absolute atomic E-state index is 15.9. The number of phosphoric ester groups is 6. The Hall–Kier alpha value is -9.87. The van der Waals surface area contributed by atoms with E-state index in [1.165, 1.54) is 28.7 Å². The number of carbonyl (C=O) groups excluding carboxylic acids is 2. The summed E-state index contributed by atoms with van der Waals surface area (Å²) >= 11 is 0. The van der Waals surface area contributed by atoms with E-state index in [1.54, 1.807) is 6.92 Å². The molecule has 6 unspecified atom stereocenters. The third kappa shape index (κ3) is 18.7. The van der Waals surface area contributed by atoms with E-state index in [4.69, 9.17) is 106 Å². The number of aliphatic hydroxyl groups excluding tert-OH is 1. The number of anilines is 2. The molecule has 137 heavy (non-hydrogen) atoms. The van der Waals surface area contributed by atoms with E-state index in [-0.39, 0.29) is 112 Å². The van der Waals surface area contributed by atoms with Crippen LogP contribution >= 0.6 is 46.9 Å². The topological polar surface area (TPSA) is 823 Å². The number of phosphoric acid groups is 6. The molecule has 740 valence electrons. The molecule has 61 nitrogen and oxygen atoms in total. The summed E-state index contributed by atoms with van der Waals surface area (Å²) in [6, 6.07) is 0. The lowest BCUT2D eigenvalue weighted by Crippen LogP contribution is -2.38. The van der Waals surface area contributed by atoms with E-state index in [0.29, 0.717) is 11.2 Å². The van der Waals surface area contributed by atoms with Gasteiger partial charge in [-0.2, -0.15) is 4.98 Å². The fraction of sp³-hybridized carbons (Fsp3) is 0.538. The maximum atomic E-state index is 15.9. The van der Waals surface area contributed by atoms with E-state index in [1.807, 2.05) is 0 Å². The van der Waals surface area contributed by atoms with Crippen molar-refractivity contribution in [3.8, 4) is 0 Å². The number of aliphatic imine (C=N–C) groups is 2. The molecule has 10 aromatic heterocycles. The summed E-state index contributed by atoms with van der Waals surface area (Å²) in [5, 5.41) is 11.1. The molecular weight excluding hydrogens is 1990 g/mol. The zero-order valence-corrected chi connectivity index (χ0v) is 73.9. The number of hydrogen-bond donors (Lipinski definition) is 13. The summed E-state index contributed by atoms with van der Waals surface area (Å²) in [5.41, 5.74) is 21.9. The van der Waals surface area contributed by atoms with Gasteiger partial charge in [-0.05, 0) is 13.8 Å². The van der Waals surface area contributed by atoms with Crippen molar-refractivity contribution in [1.29, 1.82) is 0 Å². The van der Waals surface area contributed by atoms with Gasteiger partial charge in [0.15, 0.2) is 142 Å². The minimum absolute atomic E-state index is 0. The standard InChI is InChI=1S/C22H25FN8O13P2.C21H23F2N9O12P2.C21H23F2N9O10P2.CH4/c1-7-27-19-14(20(34)28-7)26-6-31(19)22-15(33)17-10(42-22)4-40-45(35,36)43-16-9(3-39-46(37,38)44-17)41-21(12(16)23)30-5-25-13-8(32)2-11(24)29-18(13)30;22-10-14-7(41-19(10)31-4-26-12-6(33)1-9(24)28-16(12)31)2-39-46(37,38)44-15-8(3-40-45(35,36)43-14)42-20(11(15)23)32-5-27-13-17(32)29-21(25)30-18(13)34;1-8-13-18(27-4-25-8)31(6-29-13)20-11(22)15-9(39-20)2-37-44(35,36)42-16-10(3-38-43(33,34)41-15)40-21(12(16)23)32-7-30-14-17(24)26-5-28-19(14)32;/h5-6,9-10,12,15-17,21-22,33H,2-4H2,1H3,(H2,24,29)(H,35,36)(H,37,38)(H,27,28,34);4-5,7-8,10-11,14-15,19-20H,1-3H2,(H2,24,28)(H,35,36)(H,37,38)(H3,25,29,30,34);4-7,9-12,15-16,20-21H,2-3H2,1H3,(H,33,34)(H,35,36)(H2,24,26,28);1H4/t9-,10-,12-,15-,16-,17-,21-,22-;7-,8-,10-,11-,14-,15-,19-,20-;9-,10-,11-,12-,15-,16-,20-,21-;/m111./s1. The van der Waals surface area contributed by atoms with Crippen molar-refractivity contribution >= 4 is 138 Å². The number of rotatable bonds is 6. The van der Waals surface area contributed by atoms with Crippen LogP contribution in [0.25, 0.3) is 44.7 Å². The Bertz CT molecular complexity index is 6540. The number of aromatic nitrogens is 20. The number of aryl methyl sites for hydroxylation is 2. The van der Waals surface area contributed by atoms with Crippen molar-refractivity contribution in [3.63, 3.8) is 0 Å². The van der Waals surface area contributed by atoms with Gasteiger partial charge in [-0.1, -0.05) is 7.43 Å². The van der Waals surface area contributed by atoms with Gasteiger partial charge in [0.2, 0.25) is 5.95 Å². The molecule has 72 heteroatoms. The number of amidine groups is 2. The molecule has 9 fully saturated rings. The first-order chi connectivity index (χ1) is 64.3. The van der Waals surface area contributed by atoms with Gasteiger partial charge in [0, 0.05) is 0 Å². The molecule has 10 aromatic rings. The van der Waals surface area contributed by atoms with Gasteiger partial charge in [0.05, 0.1) is 96.1 Å². The second kappa shape index (κ2) is 36.7. The lowest BCUT2D eigenvalue weighted by molar-refractivity contribution is -0.0666. The zero-order valence-electron chi connectivity index (χ0n) is 68.5. The summed E-state index contributed by atoms with van der Waals surface area (Å²) in [6.45, 7) is -2.37. The van der Waals surface area contributed by atoms with Gasteiger partial charge in [-0.15, -0.1) is 0 Å². The molecule has 11 aliphatic rings. The minimum Gasteiger partial charge on any atom is -0.387 e. The lowest BCUT2D eigenvalue weighted by Gasteiger charge is -2.27. The molecule has 11 aliphatic heterocycles. The Kier molecular flexibility index (Phi) is 26.0. The molecule has 9 saturated heterocycles. The Labute approximate surface area is 757 Å². The Morgan fingerprint density at radius 1 is 0.372 bits per heavy atom. The van der Waals surface area contributed by atoms with E-state index in [2.05, 4.69) is 79.8 Å². The highest BCUT2D eigenvalue weighted by molar-refractivity contribution is 7.48. The number of nitrogens with one attached hydrogen (secondary N) is 2. The van der Waals surface area contributed by atoms with Gasteiger partial charge >= 0.3 is 46.9 Å². The fourth-order valence-electron chi connectivity index (χ4n) is 16.3. The maximum Gasteiger partial charge on any atom is 0.472 e. The predicted octanol–water partition coefficient (Wildman–Crippen LogP) is 0.756. The Balaban J connectivity index is 0.000000136. The first kappa shape index (κ1) is 97.4. The van der Waals surface area contributed by atoms with Crippen LogP contribution in [0.3, 0.4) is 0 Å². The summed E-state index contributed by atoms with van der Waals surface area (Å²) in [5.74, 6) is -1.52. The van der Waals surface area contributed by atoms with Crippen LogP contribution in [0.4, 0.5) is 45.4 Å². The normalized spacial score (nSPS) is 38.1. The van der Waals surface area contributed by atoms with Crippen LogP contribution < -0.4 is 34.1 Å². The van der Waals surface area contributed by atoms with Crippen LogP contribution in [-0.4, -0.2) is 305 Å². The molecule has 0 saturated carbocycles. The molecule has 0 aromatic carbocycles. The van der Waals surface area contributed by atoms with Gasteiger partial charge in [-0.3, -0.25) is 106 Å². The first-order valence-electron chi connectivity index (χ1n) is 39.7. The highest BCUT2D eigenvalue weighted by Gasteiger charge is 2.61. The van der Waals surface area contributed by atoms with E-state index in [9.17, 15) is 81.0 Å². The molecule has 17 N–H and O–H groups in total. The number of nitrogens with zero attached hydrogens (tertiary/aromatic N) is 20. The number of hydrogen-bond acceptors (Lipinski definition) is 47. The molecule has 21 heterocycles. The molecule has 0 amide bonds. The minimum atomic E-state index is -5.21. The molecular formula is C65H75F5N26O35P6. The quantitative estimate of drug-likeness (QED) is 0.0807. The van der Waals surface area contributed by atoms with Crippen LogP contribution in [0.5, 0.6) is 0 Å². The molecule has 0 bridgehead atoms. The highest BCUT2D eigenvalue weighted by Crippen LogP contribution is 2.60.